The van der Waals surface area contributed by atoms with Crippen molar-refractivity contribution in [1.82, 2.24) is 24.5 Å². The number of aryl methyl sites for hydroxylation is 1. The molecule has 1 saturated heterocycles. The molecule has 1 atom stereocenters. The quantitative estimate of drug-likeness (QED) is 0.0146. The van der Waals surface area contributed by atoms with Gasteiger partial charge in [0.05, 0.1) is 51.9 Å². The van der Waals surface area contributed by atoms with Crippen molar-refractivity contribution >= 4 is 97.0 Å². The van der Waals surface area contributed by atoms with E-state index in [1.54, 1.807) is 73.5 Å². The number of benzene rings is 7. The van der Waals surface area contributed by atoms with Crippen molar-refractivity contribution in [2.24, 2.45) is 0 Å². The molecular weight excluding hydrogens is 1620 g/mol. The molecule has 3 aliphatic heterocycles. The molecule has 33 heteroatoms. The minimum Gasteiger partial charge on any atom is -0.744 e. The summed E-state index contributed by atoms with van der Waals surface area (Å²) in [7, 11) is -18.4. The molecule has 26 nitrogen and oxygen atoms in total. The average Bonchev–Trinajstić information content (AvgIpc) is 1.61. The van der Waals surface area contributed by atoms with E-state index in [-0.39, 0.29) is 226 Å². The topological polar surface area (TPSA) is 345 Å². The third-order valence-corrected chi connectivity index (χ3v) is 24.7. The van der Waals surface area contributed by atoms with Crippen LogP contribution in [0.3, 0.4) is 0 Å². The van der Waals surface area contributed by atoms with Crippen LogP contribution in [0.25, 0.3) is 32.7 Å². The summed E-state index contributed by atoms with van der Waals surface area (Å²) >= 11 is 0. The van der Waals surface area contributed by atoms with Crippen LogP contribution in [-0.4, -0.2) is 205 Å². The van der Waals surface area contributed by atoms with Crippen molar-refractivity contribution in [2.75, 3.05) is 104 Å². The smallest absolute Gasteiger partial charge is 0.744 e. The SMILES string of the molecule is CCN(CC)CC.CCN1C(=CC=CC=CC2=[N+](CCCCCC(=O)N3CCN(CCOCCON([C@H](CCNC(=O)OCc4ccccc4)C(=O)O)S(=O)(=O)c4ccc(-c5ccc(OC)cc5)cc4)CC3)c3ccc4c(S(=O)(=O)[O-])cc(S(=O)(=O)[O-])cc4c3C2(C)C)C(C)(C)c2c1ccc1c(C)cc(S(=O)(=O)[O-])cc21.[K+].[K+].[K+]. The summed E-state index contributed by atoms with van der Waals surface area (Å²) in [6, 6.07) is 31.8. The predicted molar refractivity (Wildman–Crippen MR) is 422 cm³/mol. The second kappa shape index (κ2) is 44.1. The maximum Gasteiger partial charge on any atom is 1.00 e. The number of methoxy groups -OCH3 is 1. The predicted octanol–water partition coefficient (Wildman–Crippen LogP) is 2.35. The minimum absolute atomic E-state index is 0. The summed E-state index contributed by atoms with van der Waals surface area (Å²) in [5.74, 6) is -0.906. The maximum absolute atomic E-state index is 14.3. The number of ether oxygens (including phenoxy) is 3. The third kappa shape index (κ3) is 24.7. The van der Waals surface area contributed by atoms with E-state index in [1.165, 1.54) is 50.0 Å². The minimum atomic E-state index is -5.28. The Balaban J connectivity index is 0.00000193. The van der Waals surface area contributed by atoms with E-state index in [9.17, 15) is 66.8 Å². The average molecular weight is 1720 g/mol. The van der Waals surface area contributed by atoms with Crippen LogP contribution >= 0.6 is 0 Å². The molecule has 3 aliphatic rings. The molecule has 7 aromatic carbocycles. The van der Waals surface area contributed by atoms with Gasteiger partial charge in [-0.2, -0.15) is 4.58 Å². The number of nitrogens with one attached hydrogen (secondary N) is 1. The number of fused-ring (bicyclic) bond motifs is 6. The number of hydroxylamine groups is 1. The molecule has 0 aromatic heterocycles. The zero-order valence-corrected chi connectivity index (χ0v) is 80.0. The first-order valence-electron chi connectivity index (χ1n) is 37.0. The van der Waals surface area contributed by atoms with Crippen LogP contribution in [0.1, 0.15) is 110 Å². The summed E-state index contributed by atoms with van der Waals surface area (Å²) < 4.78 is 160. The number of carboxylic acids is 1. The fourth-order valence-electron chi connectivity index (χ4n) is 14.6. The number of carboxylic acid groups (broad SMARTS) is 1. The molecule has 598 valence electrons. The van der Waals surface area contributed by atoms with Crippen LogP contribution in [0, 0.1) is 6.92 Å². The molecule has 0 saturated carbocycles. The molecule has 114 heavy (non-hydrogen) atoms. The Morgan fingerprint density at radius 2 is 1.25 bits per heavy atom. The number of amides is 2. The summed E-state index contributed by atoms with van der Waals surface area (Å²) in [4.78, 5) is 51.1. The van der Waals surface area contributed by atoms with Crippen molar-refractivity contribution in [3.8, 4) is 16.9 Å². The van der Waals surface area contributed by atoms with E-state index in [0.717, 1.165) is 45.2 Å². The van der Waals surface area contributed by atoms with Gasteiger partial charge in [-0.25, -0.2) is 38.5 Å². The summed E-state index contributed by atoms with van der Waals surface area (Å²) in [5.41, 5.74) is 5.75. The van der Waals surface area contributed by atoms with Crippen LogP contribution in [0.15, 0.2) is 183 Å². The summed E-state index contributed by atoms with van der Waals surface area (Å²) in [6.07, 6.45) is 10.2. The molecule has 0 radical (unpaired) electrons. The van der Waals surface area contributed by atoms with E-state index >= 15 is 0 Å². The number of alkyl carbamates (subject to hydrolysis) is 1. The monoisotopic (exact) mass is 1720 g/mol. The molecular formula is C81H99K3N7O19S4+. The fourth-order valence-corrected chi connectivity index (χ4v) is 18.0. The van der Waals surface area contributed by atoms with Gasteiger partial charge in [0.1, 0.15) is 49.3 Å². The standard InChI is InChI=1S/C75H86N6O19S4.C6H15N.3K/c1-8-79-63-33-31-59-51(2)46-57(102(88,89)90)47-61(59)70(63)74(3,4)67(79)20-14-10-15-21-68-75(5,6)71-62-48-58(103(91,92)93)49-66(104(94,95)96)60(62)32-34-64(71)80(68)37-17-11-16-22-69(82)78-40-38-77(39-41-78)42-43-98-44-45-100-81(65(72(83)84)35-36-76-73(85)99-50-52-18-12-9-13-19-52)101(86,87)56-29-25-54(26-30-56)53-23-27-55(97-7)28-24-53;1-4-7(5-2)6-3;;;/h9-10,12-15,18-21,23-34,46-49,65H,8,11,16-17,22,35-45,50H2,1-7H3,(H4-,76,83,84,85,88,89,90,91,92,93,94,95,96);4-6H2,1-3H3;;;/q;;3*+1/p-2/t65-;;;;/m1..../s1. The first-order valence-corrected chi connectivity index (χ1v) is 42.7. The zero-order valence-electron chi connectivity index (χ0n) is 67.3. The molecule has 1 fully saturated rings. The molecule has 0 spiro atoms. The van der Waals surface area contributed by atoms with Gasteiger partial charge in [-0.3, -0.25) is 19.3 Å². The van der Waals surface area contributed by atoms with Gasteiger partial charge in [0, 0.05) is 98.5 Å². The summed E-state index contributed by atoms with van der Waals surface area (Å²) in [5, 5.41) is 14.5. The van der Waals surface area contributed by atoms with Gasteiger partial charge in [-0.05, 0) is 177 Å². The first kappa shape index (κ1) is 99.0. The van der Waals surface area contributed by atoms with Gasteiger partial charge >= 0.3 is 166 Å². The number of allylic oxidation sites excluding steroid dienone is 6. The molecule has 0 bridgehead atoms. The van der Waals surface area contributed by atoms with Crippen molar-refractivity contribution in [1.29, 1.82) is 0 Å². The van der Waals surface area contributed by atoms with E-state index in [4.69, 9.17) is 19.0 Å². The number of sulfonamides is 1. The number of carbonyl (C=O) groups excluding carboxylic acids is 2. The zero-order chi connectivity index (χ0) is 80.8. The first-order chi connectivity index (χ1) is 52.6. The number of nitrogens with zero attached hydrogens (tertiary/aromatic N) is 6. The molecule has 7 aromatic rings. The molecule has 3 heterocycles. The number of likely N-dealkylation sites (N-methyl/N-ethyl adjacent to an activating group) is 1. The molecule has 0 aliphatic carbocycles. The Morgan fingerprint density at radius 3 is 1.83 bits per heavy atom. The largest absolute Gasteiger partial charge is 1.00 e. The van der Waals surface area contributed by atoms with E-state index in [2.05, 4.69) is 40.8 Å². The number of piperazine rings is 1. The van der Waals surface area contributed by atoms with Gasteiger partial charge in [0.15, 0.2) is 11.8 Å². The Morgan fingerprint density at radius 1 is 0.649 bits per heavy atom. The van der Waals surface area contributed by atoms with Gasteiger partial charge in [0.25, 0.3) is 10.0 Å². The molecule has 10 rings (SSSR count). The Hall–Kier alpha value is -3.85. The second-order valence-electron chi connectivity index (χ2n) is 28.2. The molecule has 0 unspecified atom stereocenters. The van der Waals surface area contributed by atoms with E-state index in [0.29, 0.717) is 109 Å². The van der Waals surface area contributed by atoms with Crippen LogP contribution < -0.4 is 169 Å². The number of carbonyl (C=O) groups is 3. The Kier molecular flexibility index (Phi) is 38.3. The summed E-state index contributed by atoms with van der Waals surface area (Å²) in [6.45, 7) is 24.6. The number of hydrogen-bond donors (Lipinski definition) is 2. The normalized spacial score (nSPS) is 15.5. The Labute approximate surface area is 798 Å². The number of anilines is 1. The Bertz CT molecular complexity index is 5130. The molecule has 2 N–H and O–H groups in total. The van der Waals surface area contributed by atoms with Gasteiger partial charge in [-0.1, -0.05) is 118 Å². The van der Waals surface area contributed by atoms with Crippen LogP contribution in [-0.2, 0) is 81.7 Å². The van der Waals surface area contributed by atoms with Gasteiger partial charge < -0.3 is 53.0 Å². The van der Waals surface area contributed by atoms with Crippen LogP contribution in [0.5, 0.6) is 5.75 Å². The fraction of sp³-hybridized carbons (Fsp3) is 0.407. The van der Waals surface area contributed by atoms with Crippen LogP contribution in [0.2, 0.25) is 0 Å². The van der Waals surface area contributed by atoms with Crippen molar-refractivity contribution in [3.63, 3.8) is 0 Å². The number of rotatable bonds is 34. The number of hydrogen-bond acceptors (Lipinski definition) is 21. The van der Waals surface area contributed by atoms with Gasteiger partial charge in [0.2, 0.25) is 11.6 Å². The van der Waals surface area contributed by atoms with Gasteiger partial charge in [-0.15, -0.1) is 0 Å². The van der Waals surface area contributed by atoms with Crippen molar-refractivity contribution in [2.45, 2.75) is 137 Å². The van der Waals surface area contributed by atoms with E-state index in [1.807, 2.05) is 99.9 Å². The van der Waals surface area contributed by atoms with Crippen molar-refractivity contribution in [3.05, 3.63) is 186 Å². The number of aliphatic carboxylic acids is 1. The molecule has 2 amide bonds. The number of unbranched alkanes of at least 4 members (excludes halogenated alkanes) is 2. The van der Waals surface area contributed by atoms with Crippen LogP contribution in [0.4, 0.5) is 16.2 Å². The second-order valence-corrected chi connectivity index (χ2v) is 34.1. The third-order valence-electron chi connectivity index (χ3n) is 20.5. The van der Waals surface area contributed by atoms with E-state index < -0.39 is 79.1 Å². The maximum atomic E-state index is 14.3. The van der Waals surface area contributed by atoms with Crippen molar-refractivity contribution < 1.29 is 245 Å².